The molecule has 0 saturated carbocycles. The Bertz CT molecular complexity index is 328. The third-order valence-corrected chi connectivity index (χ3v) is 2.33. The number of nitrogens with zero attached hydrogens (tertiary/aromatic N) is 1. The maximum atomic E-state index is 11.2. The van der Waals surface area contributed by atoms with Crippen LogP contribution in [0.2, 0.25) is 0 Å². The van der Waals surface area contributed by atoms with E-state index in [0.717, 1.165) is 5.69 Å². The van der Waals surface area contributed by atoms with Gasteiger partial charge in [-0.2, -0.15) is 0 Å². The number of hydrogen-bond acceptors (Lipinski definition) is 2. The Balaban J connectivity index is 2.54. The van der Waals surface area contributed by atoms with Crippen molar-refractivity contribution >= 4 is 5.91 Å². The van der Waals surface area contributed by atoms with Crippen LogP contribution < -0.4 is 11.1 Å². The Hall–Kier alpha value is -1.29. The molecular weight excluding hydrogens is 178 g/mol. The third kappa shape index (κ3) is 2.35. The summed E-state index contributed by atoms with van der Waals surface area (Å²) in [6.45, 7) is 4.23. The zero-order valence-electron chi connectivity index (χ0n) is 8.87. The van der Waals surface area contributed by atoms with Crippen molar-refractivity contribution in [2.75, 3.05) is 0 Å². The summed E-state index contributed by atoms with van der Waals surface area (Å²) >= 11 is 0. The van der Waals surface area contributed by atoms with Gasteiger partial charge in [-0.05, 0) is 26.0 Å². The van der Waals surface area contributed by atoms with Gasteiger partial charge in [0.25, 0.3) is 0 Å². The number of aromatic nitrogens is 1. The number of rotatable bonds is 3. The molecule has 1 amide bonds. The maximum Gasteiger partial charge on any atom is 0.236 e. The molecule has 0 unspecified atom stereocenters. The first-order valence-electron chi connectivity index (χ1n) is 4.67. The van der Waals surface area contributed by atoms with E-state index >= 15 is 0 Å². The largest absolute Gasteiger partial charge is 0.350 e. The van der Waals surface area contributed by atoms with Crippen LogP contribution in [-0.2, 0) is 18.4 Å². The highest BCUT2D eigenvalue weighted by Gasteiger charge is 2.07. The maximum absolute atomic E-state index is 11.2. The Labute approximate surface area is 84.1 Å². The van der Waals surface area contributed by atoms with E-state index in [2.05, 4.69) is 5.32 Å². The van der Waals surface area contributed by atoms with Crippen molar-refractivity contribution in [2.45, 2.75) is 26.4 Å². The van der Waals surface area contributed by atoms with E-state index in [9.17, 15) is 4.79 Å². The Morgan fingerprint density at radius 3 is 2.71 bits per heavy atom. The number of aryl methyl sites for hydroxylation is 1. The smallest absolute Gasteiger partial charge is 0.236 e. The highest BCUT2D eigenvalue weighted by molar-refractivity contribution is 5.80. The van der Waals surface area contributed by atoms with Gasteiger partial charge in [-0.1, -0.05) is 0 Å². The fourth-order valence-electron chi connectivity index (χ4n) is 1.18. The molecule has 1 aromatic rings. The van der Waals surface area contributed by atoms with Gasteiger partial charge >= 0.3 is 0 Å². The number of nitrogens with two attached hydrogens (primary N) is 1. The highest BCUT2D eigenvalue weighted by Crippen LogP contribution is 2.04. The number of hydrogen-bond donors (Lipinski definition) is 2. The zero-order valence-corrected chi connectivity index (χ0v) is 8.87. The van der Waals surface area contributed by atoms with Crippen LogP contribution >= 0.6 is 0 Å². The van der Waals surface area contributed by atoms with E-state index in [4.69, 9.17) is 5.73 Å². The summed E-state index contributed by atoms with van der Waals surface area (Å²) < 4.78 is 2.04. The molecule has 0 saturated heterocycles. The van der Waals surface area contributed by atoms with E-state index in [1.165, 1.54) is 5.69 Å². The van der Waals surface area contributed by atoms with Crippen LogP contribution in [0.4, 0.5) is 0 Å². The predicted molar refractivity (Wildman–Crippen MR) is 55.6 cm³/mol. The molecule has 0 radical (unpaired) electrons. The quantitative estimate of drug-likeness (QED) is 0.728. The second kappa shape index (κ2) is 4.28. The fraction of sp³-hybridized carbons (Fsp3) is 0.500. The van der Waals surface area contributed by atoms with Gasteiger partial charge in [0, 0.05) is 18.4 Å². The summed E-state index contributed by atoms with van der Waals surface area (Å²) in [4.78, 5) is 11.2. The molecule has 4 nitrogen and oxygen atoms in total. The Morgan fingerprint density at radius 2 is 2.29 bits per heavy atom. The van der Waals surface area contributed by atoms with Crippen molar-refractivity contribution < 1.29 is 4.79 Å². The number of nitrogens with one attached hydrogen (secondary N) is 1. The molecule has 3 N–H and O–H groups in total. The second-order valence-electron chi connectivity index (χ2n) is 3.53. The molecule has 0 aromatic carbocycles. The lowest BCUT2D eigenvalue weighted by Gasteiger charge is -2.09. The van der Waals surface area contributed by atoms with E-state index in [1.807, 2.05) is 30.7 Å². The van der Waals surface area contributed by atoms with Gasteiger partial charge in [0.2, 0.25) is 5.91 Å². The summed E-state index contributed by atoms with van der Waals surface area (Å²) in [7, 11) is 1.97. The molecule has 1 aromatic heterocycles. The van der Waals surface area contributed by atoms with Crippen molar-refractivity contribution in [2.24, 2.45) is 12.8 Å². The van der Waals surface area contributed by atoms with E-state index in [0.29, 0.717) is 6.54 Å². The van der Waals surface area contributed by atoms with E-state index < -0.39 is 6.04 Å². The minimum absolute atomic E-state index is 0.121. The molecule has 0 bridgehead atoms. The monoisotopic (exact) mass is 195 g/mol. The van der Waals surface area contributed by atoms with Crippen LogP contribution in [0, 0.1) is 6.92 Å². The molecule has 1 atom stereocenters. The first-order chi connectivity index (χ1) is 6.52. The number of amides is 1. The standard InChI is InChI=1S/C10H17N3O/c1-7-4-5-9(13(7)3)6-12-10(14)8(2)11/h4-5,8H,6,11H2,1-3H3,(H,12,14)/t8-/m0/s1. The van der Waals surface area contributed by atoms with E-state index in [1.54, 1.807) is 6.92 Å². The summed E-state index contributed by atoms with van der Waals surface area (Å²) in [6, 6.07) is 3.57. The average Bonchev–Trinajstić information content (AvgIpc) is 2.44. The van der Waals surface area contributed by atoms with Crippen LogP contribution in [-0.4, -0.2) is 16.5 Å². The lowest BCUT2D eigenvalue weighted by molar-refractivity contribution is -0.122. The Morgan fingerprint density at radius 1 is 1.64 bits per heavy atom. The van der Waals surface area contributed by atoms with Crippen LogP contribution in [0.3, 0.4) is 0 Å². The molecule has 0 fully saturated rings. The topological polar surface area (TPSA) is 60.1 Å². The number of carbonyl (C=O) groups is 1. The molecule has 4 heteroatoms. The fourth-order valence-corrected chi connectivity index (χ4v) is 1.18. The molecule has 0 spiro atoms. The molecule has 1 heterocycles. The lowest BCUT2D eigenvalue weighted by Crippen LogP contribution is -2.38. The minimum atomic E-state index is -0.448. The summed E-state index contributed by atoms with van der Waals surface area (Å²) in [5.74, 6) is -0.121. The first-order valence-corrected chi connectivity index (χ1v) is 4.67. The molecular formula is C10H17N3O. The molecule has 1 rings (SSSR count). The minimum Gasteiger partial charge on any atom is -0.350 e. The van der Waals surface area contributed by atoms with Gasteiger partial charge in [0.1, 0.15) is 0 Å². The van der Waals surface area contributed by atoms with Crippen molar-refractivity contribution in [1.82, 2.24) is 9.88 Å². The van der Waals surface area contributed by atoms with Crippen molar-refractivity contribution in [1.29, 1.82) is 0 Å². The predicted octanol–water partition coefficient (Wildman–Crippen LogP) is 0.297. The third-order valence-electron chi connectivity index (χ3n) is 2.33. The van der Waals surface area contributed by atoms with Gasteiger partial charge in [-0.25, -0.2) is 0 Å². The highest BCUT2D eigenvalue weighted by atomic mass is 16.2. The van der Waals surface area contributed by atoms with Crippen LogP contribution in [0.5, 0.6) is 0 Å². The second-order valence-corrected chi connectivity index (χ2v) is 3.53. The Kier molecular flexibility index (Phi) is 3.30. The number of carbonyl (C=O) groups excluding carboxylic acids is 1. The molecule has 0 aliphatic carbocycles. The van der Waals surface area contributed by atoms with Gasteiger partial charge in [0.15, 0.2) is 0 Å². The average molecular weight is 195 g/mol. The summed E-state index contributed by atoms with van der Waals surface area (Å²) in [5.41, 5.74) is 7.68. The van der Waals surface area contributed by atoms with Gasteiger partial charge in [0.05, 0.1) is 12.6 Å². The van der Waals surface area contributed by atoms with Gasteiger partial charge < -0.3 is 15.6 Å². The molecule has 0 aliphatic rings. The van der Waals surface area contributed by atoms with Crippen LogP contribution in [0.15, 0.2) is 12.1 Å². The van der Waals surface area contributed by atoms with Crippen molar-refractivity contribution in [3.63, 3.8) is 0 Å². The molecule has 14 heavy (non-hydrogen) atoms. The van der Waals surface area contributed by atoms with Crippen LogP contribution in [0.1, 0.15) is 18.3 Å². The van der Waals surface area contributed by atoms with Gasteiger partial charge in [-0.3, -0.25) is 4.79 Å². The van der Waals surface area contributed by atoms with E-state index in [-0.39, 0.29) is 5.91 Å². The van der Waals surface area contributed by atoms with Crippen molar-refractivity contribution in [3.8, 4) is 0 Å². The zero-order chi connectivity index (χ0) is 10.7. The summed E-state index contributed by atoms with van der Waals surface area (Å²) in [6.07, 6.45) is 0. The molecule has 78 valence electrons. The van der Waals surface area contributed by atoms with Gasteiger partial charge in [-0.15, -0.1) is 0 Å². The first kappa shape index (κ1) is 10.8. The van der Waals surface area contributed by atoms with Crippen molar-refractivity contribution in [3.05, 3.63) is 23.5 Å². The van der Waals surface area contributed by atoms with Crippen LogP contribution in [0.25, 0.3) is 0 Å². The molecule has 0 aliphatic heterocycles. The normalized spacial score (nSPS) is 12.6. The summed E-state index contributed by atoms with van der Waals surface area (Å²) in [5, 5.41) is 2.77. The SMILES string of the molecule is Cc1ccc(CNC(=O)[C@H](C)N)n1C. The lowest BCUT2D eigenvalue weighted by atomic mass is 10.3.